The van der Waals surface area contributed by atoms with Crippen molar-refractivity contribution in [3.63, 3.8) is 0 Å². The van der Waals surface area contributed by atoms with Gasteiger partial charge in [0.15, 0.2) is 0 Å². The summed E-state index contributed by atoms with van der Waals surface area (Å²) >= 11 is 5.88. The number of benzene rings is 3. The third-order valence-corrected chi connectivity index (χ3v) is 6.93. The SMILES string of the molecule is Cc1ccc(N(CC(=O)NCCCc2ccc(Cl)cc2)S(=O)(=O)c2ccc(F)cc2)cc1. The molecule has 1 N–H and O–H groups in total. The van der Waals surface area contributed by atoms with Crippen LogP contribution in [0.2, 0.25) is 5.02 Å². The minimum absolute atomic E-state index is 0.0880. The number of hydrogen-bond donors (Lipinski definition) is 1. The first-order valence-electron chi connectivity index (χ1n) is 10.1. The maximum Gasteiger partial charge on any atom is 0.264 e. The van der Waals surface area contributed by atoms with Gasteiger partial charge in [-0.05, 0) is 73.9 Å². The van der Waals surface area contributed by atoms with E-state index in [1.807, 2.05) is 31.2 Å². The Balaban J connectivity index is 1.69. The van der Waals surface area contributed by atoms with E-state index in [4.69, 9.17) is 11.6 Å². The standard InChI is InChI=1S/C24H24ClFN2O3S/c1-18-4-12-22(13-5-18)28(32(30,31)23-14-10-21(26)11-15-23)17-24(29)27-16-2-3-19-6-8-20(25)9-7-19/h4-15H,2-3,16-17H2,1H3,(H,27,29). The van der Waals surface area contributed by atoms with Crippen LogP contribution in [0.15, 0.2) is 77.7 Å². The molecule has 0 atom stereocenters. The van der Waals surface area contributed by atoms with Gasteiger partial charge < -0.3 is 5.32 Å². The average molecular weight is 475 g/mol. The van der Waals surface area contributed by atoms with Crippen molar-refractivity contribution in [3.8, 4) is 0 Å². The molecule has 0 unspecified atom stereocenters. The summed E-state index contributed by atoms with van der Waals surface area (Å²) in [4.78, 5) is 12.5. The summed E-state index contributed by atoms with van der Waals surface area (Å²) < 4.78 is 40.8. The third-order valence-electron chi connectivity index (χ3n) is 4.89. The minimum Gasteiger partial charge on any atom is -0.355 e. The van der Waals surface area contributed by atoms with E-state index in [1.54, 1.807) is 24.3 Å². The molecule has 0 heterocycles. The van der Waals surface area contributed by atoms with Gasteiger partial charge in [0.2, 0.25) is 5.91 Å². The molecule has 5 nitrogen and oxygen atoms in total. The molecule has 0 aliphatic heterocycles. The molecule has 0 fully saturated rings. The van der Waals surface area contributed by atoms with Crippen molar-refractivity contribution in [3.05, 3.63) is 94.8 Å². The number of hydrogen-bond acceptors (Lipinski definition) is 3. The fraction of sp³-hybridized carbons (Fsp3) is 0.208. The Morgan fingerprint density at radius 1 is 0.969 bits per heavy atom. The van der Waals surface area contributed by atoms with Crippen molar-refractivity contribution in [1.82, 2.24) is 5.32 Å². The normalized spacial score (nSPS) is 11.2. The van der Waals surface area contributed by atoms with Crippen LogP contribution in [0.5, 0.6) is 0 Å². The Hall–Kier alpha value is -2.90. The second kappa shape index (κ2) is 10.6. The molecule has 1 amide bonds. The molecule has 0 aliphatic rings. The fourth-order valence-electron chi connectivity index (χ4n) is 3.12. The summed E-state index contributed by atoms with van der Waals surface area (Å²) in [6.07, 6.45) is 1.45. The number of aryl methyl sites for hydroxylation is 2. The van der Waals surface area contributed by atoms with E-state index >= 15 is 0 Å². The van der Waals surface area contributed by atoms with Gasteiger partial charge in [0.05, 0.1) is 10.6 Å². The van der Waals surface area contributed by atoms with Crippen LogP contribution in [-0.4, -0.2) is 27.4 Å². The molecule has 3 aromatic carbocycles. The number of anilines is 1. The first-order chi connectivity index (χ1) is 15.3. The van der Waals surface area contributed by atoms with Crippen LogP contribution in [0.1, 0.15) is 17.5 Å². The van der Waals surface area contributed by atoms with Gasteiger partial charge in [-0.2, -0.15) is 0 Å². The molecule has 0 radical (unpaired) electrons. The van der Waals surface area contributed by atoms with Gasteiger partial charge in [-0.3, -0.25) is 9.10 Å². The van der Waals surface area contributed by atoms with Crippen LogP contribution in [-0.2, 0) is 21.2 Å². The quantitative estimate of drug-likeness (QED) is 0.456. The summed E-state index contributed by atoms with van der Waals surface area (Å²) in [5, 5.41) is 3.44. The topological polar surface area (TPSA) is 66.5 Å². The maximum atomic E-state index is 13.3. The zero-order valence-electron chi connectivity index (χ0n) is 17.6. The molecular formula is C24H24ClFN2O3S. The lowest BCUT2D eigenvalue weighted by atomic mass is 10.1. The second-order valence-electron chi connectivity index (χ2n) is 7.38. The van der Waals surface area contributed by atoms with E-state index in [0.29, 0.717) is 23.7 Å². The Morgan fingerprint density at radius 2 is 1.59 bits per heavy atom. The number of rotatable bonds is 9. The number of halogens is 2. The van der Waals surface area contributed by atoms with Crippen LogP contribution in [0, 0.1) is 12.7 Å². The molecule has 0 saturated heterocycles. The molecular weight excluding hydrogens is 451 g/mol. The summed E-state index contributed by atoms with van der Waals surface area (Å²) in [5.41, 5.74) is 2.42. The van der Waals surface area contributed by atoms with Crippen molar-refractivity contribution >= 4 is 33.2 Å². The van der Waals surface area contributed by atoms with E-state index in [0.717, 1.165) is 34.0 Å². The molecule has 32 heavy (non-hydrogen) atoms. The van der Waals surface area contributed by atoms with E-state index in [-0.39, 0.29) is 11.4 Å². The number of carbonyl (C=O) groups is 1. The number of carbonyl (C=O) groups excluding carboxylic acids is 1. The second-order valence-corrected chi connectivity index (χ2v) is 9.68. The molecule has 0 saturated carbocycles. The lowest BCUT2D eigenvalue weighted by molar-refractivity contribution is -0.119. The van der Waals surface area contributed by atoms with Gasteiger partial charge in [0.1, 0.15) is 12.4 Å². The first kappa shape index (κ1) is 23.8. The van der Waals surface area contributed by atoms with Crippen LogP contribution >= 0.6 is 11.6 Å². The summed E-state index contributed by atoms with van der Waals surface area (Å²) in [6.45, 7) is 1.90. The van der Waals surface area contributed by atoms with Crippen molar-refractivity contribution < 1.29 is 17.6 Å². The Bertz CT molecular complexity index is 1150. The minimum atomic E-state index is -4.06. The Labute approximate surface area is 192 Å². The number of amides is 1. The van der Waals surface area contributed by atoms with Crippen LogP contribution in [0.25, 0.3) is 0 Å². The first-order valence-corrected chi connectivity index (χ1v) is 11.9. The zero-order valence-corrected chi connectivity index (χ0v) is 19.2. The number of nitrogens with zero attached hydrogens (tertiary/aromatic N) is 1. The van der Waals surface area contributed by atoms with Crippen LogP contribution in [0.4, 0.5) is 10.1 Å². The van der Waals surface area contributed by atoms with Crippen molar-refractivity contribution in [2.24, 2.45) is 0 Å². The van der Waals surface area contributed by atoms with Crippen LogP contribution < -0.4 is 9.62 Å². The van der Waals surface area contributed by atoms with Gasteiger partial charge in [-0.1, -0.05) is 41.4 Å². The lowest BCUT2D eigenvalue weighted by Crippen LogP contribution is -2.41. The van der Waals surface area contributed by atoms with E-state index in [9.17, 15) is 17.6 Å². The fourth-order valence-corrected chi connectivity index (χ4v) is 4.66. The Kier molecular flexibility index (Phi) is 7.88. The summed E-state index contributed by atoms with van der Waals surface area (Å²) in [7, 11) is -4.06. The Morgan fingerprint density at radius 3 is 2.22 bits per heavy atom. The average Bonchev–Trinajstić information content (AvgIpc) is 2.77. The van der Waals surface area contributed by atoms with E-state index in [1.165, 1.54) is 12.1 Å². The summed E-state index contributed by atoms with van der Waals surface area (Å²) in [6, 6.07) is 18.9. The molecule has 3 rings (SSSR count). The van der Waals surface area contributed by atoms with Crippen molar-refractivity contribution in [2.45, 2.75) is 24.7 Å². The summed E-state index contributed by atoms with van der Waals surface area (Å²) in [5.74, 6) is -0.961. The van der Waals surface area contributed by atoms with Gasteiger partial charge in [0, 0.05) is 11.6 Å². The largest absolute Gasteiger partial charge is 0.355 e. The van der Waals surface area contributed by atoms with Gasteiger partial charge in [-0.15, -0.1) is 0 Å². The highest BCUT2D eigenvalue weighted by Gasteiger charge is 2.27. The molecule has 3 aromatic rings. The molecule has 0 spiro atoms. The van der Waals surface area contributed by atoms with Gasteiger partial charge in [0.25, 0.3) is 10.0 Å². The van der Waals surface area contributed by atoms with E-state index in [2.05, 4.69) is 5.32 Å². The van der Waals surface area contributed by atoms with Gasteiger partial charge >= 0.3 is 0 Å². The highest BCUT2D eigenvalue weighted by atomic mass is 35.5. The third kappa shape index (κ3) is 6.31. The molecule has 0 aromatic heterocycles. The van der Waals surface area contributed by atoms with Crippen LogP contribution in [0.3, 0.4) is 0 Å². The van der Waals surface area contributed by atoms with Crippen molar-refractivity contribution in [2.75, 3.05) is 17.4 Å². The lowest BCUT2D eigenvalue weighted by Gasteiger charge is -2.24. The van der Waals surface area contributed by atoms with Gasteiger partial charge in [-0.25, -0.2) is 12.8 Å². The van der Waals surface area contributed by atoms with E-state index < -0.39 is 21.7 Å². The molecule has 0 aliphatic carbocycles. The maximum absolute atomic E-state index is 13.3. The zero-order chi connectivity index (χ0) is 23.1. The van der Waals surface area contributed by atoms with Crippen molar-refractivity contribution in [1.29, 1.82) is 0 Å². The number of sulfonamides is 1. The highest BCUT2D eigenvalue weighted by molar-refractivity contribution is 7.92. The monoisotopic (exact) mass is 474 g/mol. The predicted octanol–water partition coefficient (Wildman–Crippen LogP) is 4.73. The molecule has 8 heteroatoms. The highest BCUT2D eigenvalue weighted by Crippen LogP contribution is 2.24. The molecule has 0 bridgehead atoms. The molecule has 168 valence electrons. The smallest absolute Gasteiger partial charge is 0.264 e. The number of nitrogens with one attached hydrogen (secondary N) is 1. The predicted molar refractivity (Wildman–Crippen MR) is 125 cm³/mol.